The van der Waals surface area contributed by atoms with Gasteiger partial charge in [-0.2, -0.15) is 0 Å². The first-order valence-electron chi connectivity index (χ1n) is 8.39. The Morgan fingerprint density at radius 2 is 2.21 bits per heavy atom. The molecule has 0 aliphatic carbocycles. The number of ether oxygens (including phenoxy) is 1. The van der Waals surface area contributed by atoms with Crippen LogP contribution in [-0.4, -0.2) is 49.1 Å². The summed E-state index contributed by atoms with van der Waals surface area (Å²) in [5.41, 5.74) is 2.89. The summed E-state index contributed by atoms with van der Waals surface area (Å²) in [5.74, 6) is 0.904. The molecule has 2 heterocycles. The van der Waals surface area contributed by atoms with Crippen LogP contribution in [-0.2, 0) is 14.4 Å². The van der Waals surface area contributed by atoms with Crippen LogP contribution in [0.2, 0.25) is 0 Å². The first kappa shape index (κ1) is 18.5. The second-order valence-corrected chi connectivity index (χ2v) is 5.92. The zero-order valence-corrected chi connectivity index (χ0v) is 14.6. The first-order valence-corrected chi connectivity index (χ1v) is 8.39. The molecule has 1 N–H and O–H groups in total. The van der Waals surface area contributed by atoms with Crippen molar-refractivity contribution in [2.24, 2.45) is 0 Å². The highest BCUT2D eigenvalue weighted by atomic mass is 16.6. The number of nitrogens with one attached hydrogen (secondary N) is 1. The molecule has 1 fully saturated rings. The summed E-state index contributed by atoms with van der Waals surface area (Å²) >= 11 is 0. The summed E-state index contributed by atoms with van der Waals surface area (Å²) in [4.78, 5) is 31.1. The monoisotopic (exact) mass is 338 g/mol. The highest BCUT2D eigenvalue weighted by Gasteiger charge is 2.26. The minimum Gasteiger partial charge on any atom is -0.466 e. The molecule has 0 spiro atoms. The molecule has 1 aliphatic rings. The topological polar surface area (TPSA) is 81.0 Å². The molecule has 1 atom stereocenters. The van der Waals surface area contributed by atoms with E-state index in [1.165, 1.54) is 0 Å². The fourth-order valence-corrected chi connectivity index (χ4v) is 2.76. The third-order valence-electron chi connectivity index (χ3n) is 3.95. The molecule has 1 aromatic rings. The fourth-order valence-electron chi connectivity index (χ4n) is 2.76. The van der Waals surface area contributed by atoms with Crippen LogP contribution >= 0.6 is 0 Å². The van der Waals surface area contributed by atoms with E-state index in [2.05, 4.69) is 5.48 Å². The van der Waals surface area contributed by atoms with Gasteiger partial charge in [-0.1, -0.05) is 0 Å². The van der Waals surface area contributed by atoms with Crippen molar-refractivity contribution in [3.8, 4) is 0 Å². The number of hydrogen-bond donors (Lipinski definition) is 1. The van der Waals surface area contributed by atoms with Gasteiger partial charge in [0.2, 0.25) is 5.91 Å². The van der Waals surface area contributed by atoms with Crippen molar-refractivity contribution in [1.82, 2.24) is 10.4 Å². The van der Waals surface area contributed by atoms with E-state index in [9.17, 15) is 9.59 Å². The van der Waals surface area contributed by atoms with Crippen molar-refractivity contribution in [3.63, 3.8) is 0 Å². The lowest BCUT2D eigenvalue weighted by atomic mass is 10.1. The molecule has 7 heteroatoms. The predicted molar refractivity (Wildman–Crippen MR) is 87.4 cm³/mol. The fraction of sp³-hybridized carbons (Fsp3) is 0.647. The molecule has 1 aromatic heterocycles. The molecule has 0 bridgehead atoms. The molecule has 24 heavy (non-hydrogen) atoms. The number of hydroxylamine groups is 1. The summed E-state index contributed by atoms with van der Waals surface area (Å²) in [5, 5.41) is 0. The highest BCUT2D eigenvalue weighted by Crippen LogP contribution is 2.19. The van der Waals surface area contributed by atoms with Gasteiger partial charge in [-0.25, -0.2) is 5.48 Å². The van der Waals surface area contributed by atoms with Gasteiger partial charge in [-0.3, -0.25) is 14.4 Å². The van der Waals surface area contributed by atoms with Gasteiger partial charge >= 0.3 is 0 Å². The van der Waals surface area contributed by atoms with Crippen LogP contribution in [0.15, 0.2) is 10.5 Å². The Kier molecular flexibility index (Phi) is 6.81. The zero-order valence-electron chi connectivity index (χ0n) is 14.6. The summed E-state index contributed by atoms with van der Waals surface area (Å²) in [7, 11) is 0. The normalized spacial score (nSPS) is 17.0. The van der Waals surface area contributed by atoms with E-state index in [-0.39, 0.29) is 24.3 Å². The molecule has 0 unspecified atom stereocenters. The predicted octanol–water partition coefficient (Wildman–Crippen LogP) is 1.98. The van der Waals surface area contributed by atoms with Gasteiger partial charge < -0.3 is 14.1 Å². The van der Waals surface area contributed by atoms with Crippen LogP contribution in [0.25, 0.3) is 0 Å². The number of furan rings is 1. The molecule has 2 rings (SSSR count). The SMILES string of the molecule is CCONC(=O)CCN(C[C@@H]1CCCO1)C(=O)c1cc(C)oc1C. The van der Waals surface area contributed by atoms with Gasteiger partial charge in [0.15, 0.2) is 0 Å². The van der Waals surface area contributed by atoms with Crippen LogP contribution in [0, 0.1) is 13.8 Å². The van der Waals surface area contributed by atoms with E-state index in [0.29, 0.717) is 36.8 Å². The van der Waals surface area contributed by atoms with Crippen molar-refractivity contribution < 1.29 is 23.6 Å². The lowest BCUT2D eigenvalue weighted by Gasteiger charge is -2.25. The van der Waals surface area contributed by atoms with E-state index in [1.807, 2.05) is 6.92 Å². The second kappa shape index (κ2) is 8.84. The van der Waals surface area contributed by atoms with Crippen LogP contribution < -0.4 is 5.48 Å². The van der Waals surface area contributed by atoms with Crippen LogP contribution in [0.3, 0.4) is 0 Å². The number of rotatable bonds is 8. The Balaban J connectivity index is 2.02. The number of carbonyl (C=O) groups excluding carboxylic acids is 2. The quantitative estimate of drug-likeness (QED) is 0.733. The third-order valence-corrected chi connectivity index (χ3v) is 3.95. The van der Waals surface area contributed by atoms with Gasteiger partial charge in [0.05, 0.1) is 18.3 Å². The molecule has 1 aliphatic heterocycles. The molecule has 2 amide bonds. The largest absolute Gasteiger partial charge is 0.466 e. The van der Waals surface area contributed by atoms with E-state index in [4.69, 9.17) is 14.0 Å². The molecule has 134 valence electrons. The van der Waals surface area contributed by atoms with Crippen LogP contribution in [0.1, 0.15) is 48.1 Å². The maximum absolute atomic E-state index is 12.8. The van der Waals surface area contributed by atoms with Gasteiger partial charge in [0.25, 0.3) is 5.91 Å². The number of aryl methyl sites for hydroxylation is 2. The van der Waals surface area contributed by atoms with Crippen molar-refractivity contribution in [1.29, 1.82) is 0 Å². The van der Waals surface area contributed by atoms with Crippen molar-refractivity contribution in [2.45, 2.75) is 46.1 Å². The number of hydrogen-bond acceptors (Lipinski definition) is 5. The Morgan fingerprint density at radius 3 is 2.79 bits per heavy atom. The molecular formula is C17H26N2O5. The van der Waals surface area contributed by atoms with Crippen LogP contribution in [0.4, 0.5) is 0 Å². The summed E-state index contributed by atoms with van der Waals surface area (Å²) in [6.07, 6.45) is 2.13. The van der Waals surface area contributed by atoms with Crippen molar-refractivity contribution in [3.05, 3.63) is 23.2 Å². The summed E-state index contributed by atoms with van der Waals surface area (Å²) in [6.45, 7) is 7.28. The Bertz CT molecular complexity index is 563. The Labute approximate surface area is 142 Å². The summed E-state index contributed by atoms with van der Waals surface area (Å²) in [6, 6.07) is 1.74. The Morgan fingerprint density at radius 1 is 1.42 bits per heavy atom. The molecule has 0 aromatic carbocycles. The zero-order chi connectivity index (χ0) is 17.5. The Hall–Kier alpha value is -1.86. The maximum Gasteiger partial charge on any atom is 0.257 e. The first-order chi connectivity index (χ1) is 11.5. The van der Waals surface area contributed by atoms with Gasteiger partial charge in [-0.15, -0.1) is 0 Å². The average molecular weight is 338 g/mol. The van der Waals surface area contributed by atoms with Gasteiger partial charge in [0.1, 0.15) is 11.5 Å². The average Bonchev–Trinajstić information content (AvgIpc) is 3.17. The van der Waals surface area contributed by atoms with E-state index >= 15 is 0 Å². The second-order valence-electron chi connectivity index (χ2n) is 5.92. The molecule has 0 radical (unpaired) electrons. The van der Waals surface area contributed by atoms with Crippen molar-refractivity contribution in [2.75, 3.05) is 26.3 Å². The third kappa shape index (κ3) is 5.07. The number of amides is 2. The van der Waals surface area contributed by atoms with Crippen molar-refractivity contribution >= 4 is 11.8 Å². The molecule has 1 saturated heterocycles. The van der Waals surface area contributed by atoms with E-state index in [0.717, 1.165) is 19.4 Å². The highest BCUT2D eigenvalue weighted by molar-refractivity contribution is 5.95. The van der Waals surface area contributed by atoms with Gasteiger partial charge in [-0.05, 0) is 39.7 Å². The smallest absolute Gasteiger partial charge is 0.257 e. The van der Waals surface area contributed by atoms with Gasteiger partial charge in [0, 0.05) is 26.1 Å². The lowest BCUT2D eigenvalue weighted by Crippen LogP contribution is -2.40. The van der Waals surface area contributed by atoms with E-state index in [1.54, 1.807) is 24.8 Å². The molecule has 0 saturated carbocycles. The number of carbonyl (C=O) groups is 2. The van der Waals surface area contributed by atoms with Crippen LogP contribution in [0.5, 0.6) is 0 Å². The minimum absolute atomic E-state index is 0.0252. The van der Waals surface area contributed by atoms with E-state index < -0.39 is 0 Å². The maximum atomic E-state index is 12.8. The minimum atomic E-state index is -0.248. The lowest BCUT2D eigenvalue weighted by molar-refractivity contribution is -0.133. The molecular weight excluding hydrogens is 312 g/mol. The standard InChI is InChI=1S/C17H26N2O5/c1-4-23-18-16(20)7-8-19(11-14-6-5-9-22-14)17(21)15-10-12(2)24-13(15)3/h10,14H,4-9,11H2,1-3H3,(H,18,20)/t14-/m0/s1. The number of nitrogens with zero attached hydrogens (tertiary/aromatic N) is 1. The summed E-state index contributed by atoms with van der Waals surface area (Å²) < 4.78 is 11.1. The molecule has 7 nitrogen and oxygen atoms in total.